The molecule has 2 aromatic heterocycles. The van der Waals surface area contributed by atoms with Crippen LogP contribution in [-0.4, -0.2) is 21.9 Å². The number of fused-ring (bicyclic) bond motifs is 1. The fraction of sp³-hybridized carbons (Fsp3) is 0.150. The number of rotatable bonds is 6. The third kappa shape index (κ3) is 4.15. The number of carbonyl (C=O) groups excluding carboxylic acids is 1. The zero-order chi connectivity index (χ0) is 18.6. The molecule has 27 heavy (non-hydrogen) atoms. The van der Waals surface area contributed by atoms with Gasteiger partial charge in [-0.05, 0) is 19.1 Å². The summed E-state index contributed by atoms with van der Waals surface area (Å²) in [4.78, 5) is 21.5. The highest BCUT2D eigenvalue weighted by Gasteiger charge is 2.15. The van der Waals surface area contributed by atoms with Crippen molar-refractivity contribution in [3.8, 4) is 10.6 Å². The van der Waals surface area contributed by atoms with Crippen molar-refractivity contribution in [3.63, 3.8) is 0 Å². The van der Waals surface area contributed by atoms with E-state index in [-0.39, 0.29) is 11.9 Å². The first-order chi connectivity index (χ1) is 13.2. The normalized spacial score (nSPS) is 12.0. The Hall–Kier alpha value is -2.77. The number of hydrogen-bond donors (Lipinski definition) is 2. The summed E-state index contributed by atoms with van der Waals surface area (Å²) in [6, 6.07) is 17.6. The predicted octanol–water partition coefficient (Wildman–Crippen LogP) is 4.54. The summed E-state index contributed by atoms with van der Waals surface area (Å²) in [5.74, 6) is -0.0801. The number of para-hydroxylation sites is 1. The highest BCUT2D eigenvalue weighted by Crippen LogP contribution is 2.26. The Bertz CT molecular complexity index is 1020. The SMILES string of the molecule is CC(Nc1nc2ccccc2s1)C(=O)NCc1csc(-c2ccccc2)n1. The zero-order valence-electron chi connectivity index (χ0n) is 14.7. The van der Waals surface area contributed by atoms with Crippen LogP contribution in [0, 0.1) is 0 Å². The molecule has 0 fully saturated rings. The van der Waals surface area contributed by atoms with Crippen LogP contribution in [0.15, 0.2) is 60.0 Å². The molecule has 0 saturated carbocycles. The van der Waals surface area contributed by atoms with Crippen molar-refractivity contribution < 1.29 is 4.79 Å². The lowest BCUT2D eigenvalue weighted by atomic mass is 10.2. The summed E-state index contributed by atoms with van der Waals surface area (Å²) >= 11 is 3.13. The first kappa shape index (κ1) is 17.6. The van der Waals surface area contributed by atoms with E-state index in [0.717, 1.165) is 31.6 Å². The van der Waals surface area contributed by atoms with Crippen LogP contribution in [0.4, 0.5) is 5.13 Å². The Labute approximate surface area is 165 Å². The molecular weight excluding hydrogens is 376 g/mol. The Morgan fingerprint density at radius 2 is 1.85 bits per heavy atom. The van der Waals surface area contributed by atoms with Gasteiger partial charge < -0.3 is 10.6 Å². The van der Waals surface area contributed by atoms with Gasteiger partial charge in [0.05, 0.1) is 22.5 Å². The summed E-state index contributed by atoms with van der Waals surface area (Å²) in [6.07, 6.45) is 0. The maximum Gasteiger partial charge on any atom is 0.242 e. The van der Waals surface area contributed by atoms with E-state index in [1.807, 2.05) is 66.9 Å². The lowest BCUT2D eigenvalue weighted by molar-refractivity contribution is -0.121. The van der Waals surface area contributed by atoms with Crippen LogP contribution in [-0.2, 0) is 11.3 Å². The fourth-order valence-corrected chi connectivity index (χ4v) is 4.40. The van der Waals surface area contributed by atoms with E-state index in [9.17, 15) is 4.79 Å². The highest BCUT2D eigenvalue weighted by atomic mass is 32.1. The number of amides is 1. The van der Waals surface area contributed by atoms with Gasteiger partial charge >= 0.3 is 0 Å². The largest absolute Gasteiger partial charge is 0.350 e. The lowest BCUT2D eigenvalue weighted by Gasteiger charge is -2.12. The molecule has 4 aromatic rings. The van der Waals surface area contributed by atoms with Crippen molar-refractivity contribution in [3.05, 3.63) is 65.7 Å². The molecule has 5 nitrogen and oxygen atoms in total. The molecule has 0 aliphatic carbocycles. The molecule has 0 bridgehead atoms. The fourth-order valence-electron chi connectivity index (χ4n) is 2.62. The van der Waals surface area contributed by atoms with Crippen LogP contribution in [0.3, 0.4) is 0 Å². The van der Waals surface area contributed by atoms with Crippen molar-refractivity contribution in [1.29, 1.82) is 0 Å². The van der Waals surface area contributed by atoms with Crippen LogP contribution in [0.2, 0.25) is 0 Å². The molecule has 2 N–H and O–H groups in total. The number of hydrogen-bond acceptors (Lipinski definition) is 6. The molecule has 0 radical (unpaired) electrons. The molecular formula is C20H18N4OS2. The van der Waals surface area contributed by atoms with E-state index in [1.54, 1.807) is 22.7 Å². The van der Waals surface area contributed by atoms with Gasteiger partial charge in [0.15, 0.2) is 5.13 Å². The number of thiazole rings is 2. The highest BCUT2D eigenvalue weighted by molar-refractivity contribution is 7.22. The molecule has 0 aliphatic rings. The van der Waals surface area contributed by atoms with Gasteiger partial charge in [-0.1, -0.05) is 53.8 Å². The molecule has 0 aliphatic heterocycles. The topological polar surface area (TPSA) is 66.9 Å². The van der Waals surface area contributed by atoms with E-state index in [2.05, 4.69) is 20.6 Å². The predicted molar refractivity (Wildman–Crippen MR) is 112 cm³/mol. The quantitative estimate of drug-likeness (QED) is 0.504. The van der Waals surface area contributed by atoms with Crippen LogP contribution in [0.5, 0.6) is 0 Å². The second-order valence-electron chi connectivity index (χ2n) is 6.08. The monoisotopic (exact) mass is 394 g/mol. The summed E-state index contributed by atoms with van der Waals surface area (Å²) in [5.41, 5.74) is 2.89. The van der Waals surface area contributed by atoms with E-state index >= 15 is 0 Å². The molecule has 1 amide bonds. The second-order valence-corrected chi connectivity index (χ2v) is 7.97. The number of aromatic nitrogens is 2. The smallest absolute Gasteiger partial charge is 0.242 e. The number of anilines is 1. The minimum absolute atomic E-state index is 0.0801. The molecule has 0 saturated heterocycles. The van der Waals surface area contributed by atoms with Gasteiger partial charge in [-0.15, -0.1) is 11.3 Å². The summed E-state index contributed by atoms with van der Waals surface area (Å²) in [5, 5.41) is 9.80. The van der Waals surface area contributed by atoms with Gasteiger partial charge in [0.25, 0.3) is 0 Å². The standard InChI is InChI=1S/C20H18N4OS2/c1-13(22-20-24-16-9-5-6-10-17(16)27-20)18(25)21-11-15-12-26-19(23-15)14-7-3-2-4-8-14/h2-10,12-13H,11H2,1H3,(H,21,25)(H,22,24). The second kappa shape index (κ2) is 7.85. The van der Waals surface area contributed by atoms with Gasteiger partial charge in [-0.25, -0.2) is 9.97 Å². The first-order valence-electron chi connectivity index (χ1n) is 8.59. The number of benzene rings is 2. The van der Waals surface area contributed by atoms with Crippen molar-refractivity contribution in [1.82, 2.24) is 15.3 Å². The number of nitrogens with zero attached hydrogens (tertiary/aromatic N) is 2. The van der Waals surface area contributed by atoms with Crippen molar-refractivity contribution >= 4 is 43.9 Å². The van der Waals surface area contributed by atoms with Gasteiger partial charge in [-0.3, -0.25) is 4.79 Å². The number of nitrogens with one attached hydrogen (secondary N) is 2. The van der Waals surface area contributed by atoms with Gasteiger partial charge in [0.1, 0.15) is 11.0 Å². The molecule has 1 atom stereocenters. The van der Waals surface area contributed by atoms with Crippen molar-refractivity contribution in [2.45, 2.75) is 19.5 Å². The minimum Gasteiger partial charge on any atom is -0.350 e. The van der Waals surface area contributed by atoms with E-state index in [0.29, 0.717) is 6.54 Å². The number of carbonyl (C=O) groups is 1. The van der Waals surface area contributed by atoms with Gasteiger partial charge in [0.2, 0.25) is 5.91 Å². The zero-order valence-corrected chi connectivity index (χ0v) is 16.3. The molecule has 2 heterocycles. The Morgan fingerprint density at radius 3 is 2.67 bits per heavy atom. The lowest BCUT2D eigenvalue weighted by Crippen LogP contribution is -2.37. The maximum atomic E-state index is 12.4. The first-order valence-corrected chi connectivity index (χ1v) is 10.3. The van der Waals surface area contributed by atoms with Crippen molar-refractivity contribution in [2.24, 2.45) is 0 Å². The van der Waals surface area contributed by atoms with E-state index < -0.39 is 0 Å². The maximum absolute atomic E-state index is 12.4. The van der Waals surface area contributed by atoms with Gasteiger partial charge in [0, 0.05) is 10.9 Å². The van der Waals surface area contributed by atoms with Crippen LogP contribution >= 0.6 is 22.7 Å². The van der Waals surface area contributed by atoms with Crippen LogP contribution in [0.1, 0.15) is 12.6 Å². The average molecular weight is 395 g/mol. The molecule has 7 heteroatoms. The average Bonchev–Trinajstić information content (AvgIpc) is 3.33. The van der Waals surface area contributed by atoms with E-state index in [4.69, 9.17) is 0 Å². The van der Waals surface area contributed by atoms with E-state index in [1.165, 1.54) is 0 Å². The summed E-state index contributed by atoms with van der Waals surface area (Å²) in [6.45, 7) is 2.24. The Balaban J connectivity index is 1.34. The molecule has 1 unspecified atom stereocenters. The minimum atomic E-state index is -0.377. The third-order valence-electron chi connectivity index (χ3n) is 4.04. The Kier molecular flexibility index (Phi) is 5.13. The molecule has 0 spiro atoms. The van der Waals surface area contributed by atoms with Crippen LogP contribution in [0.25, 0.3) is 20.8 Å². The molecule has 2 aromatic carbocycles. The Morgan fingerprint density at radius 1 is 1.07 bits per heavy atom. The van der Waals surface area contributed by atoms with Crippen molar-refractivity contribution in [2.75, 3.05) is 5.32 Å². The summed E-state index contributed by atoms with van der Waals surface area (Å²) < 4.78 is 1.10. The molecule has 4 rings (SSSR count). The van der Waals surface area contributed by atoms with Crippen LogP contribution < -0.4 is 10.6 Å². The van der Waals surface area contributed by atoms with Gasteiger partial charge in [-0.2, -0.15) is 0 Å². The molecule has 136 valence electrons. The third-order valence-corrected chi connectivity index (χ3v) is 5.95. The summed E-state index contributed by atoms with van der Waals surface area (Å²) in [7, 11) is 0.